The van der Waals surface area contributed by atoms with Crippen LogP contribution in [0.5, 0.6) is 5.75 Å². The summed E-state index contributed by atoms with van der Waals surface area (Å²) in [4.78, 5) is 0. The summed E-state index contributed by atoms with van der Waals surface area (Å²) in [7, 11) is 1.66. The van der Waals surface area contributed by atoms with Crippen LogP contribution in [0.2, 0.25) is 0 Å². The van der Waals surface area contributed by atoms with Gasteiger partial charge in [-0.15, -0.1) is 6.58 Å². The second-order valence-electron chi connectivity index (χ2n) is 4.88. The van der Waals surface area contributed by atoms with Gasteiger partial charge in [-0.3, -0.25) is 0 Å². The Kier molecular flexibility index (Phi) is 9.49. The van der Waals surface area contributed by atoms with Crippen LogP contribution in [-0.4, -0.2) is 26.9 Å². The maximum Gasteiger partial charge on any atom is 0.165 e. The molecule has 1 aromatic rings. The number of rotatable bonds is 12. The maximum absolute atomic E-state index is 13.9. The Morgan fingerprint density at radius 2 is 2.10 bits per heavy atom. The molecule has 1 rings (SSSR count). The molecule has 0 amide bonds. The Morgan fingerprint density at radius 3 is 2.86 bits per heavy atom. The molecule has 0 saturated heterocycles. The summed E-state index contributed by atoms with van der Waals surface area (Å²) in [5, 5.41) is 3.21. The molecule has 1 aromatic carbocycles. The second kappa shape index (κ2) is 11.3. The van der Waals surface area contributed by atoms with Gasteiger partial charge in [-0.1, -0.05) is 18.2 Å². The minimum atomic E-state index is -0.299. The Balaban J connectivity index is 2.41. The van der Waals surface area contributed by atoms with Crippen molar-refractivity contribution in [1.29, 1.82) is 0 Å². The first kappa shape index (κ1) is 17.7. The first-order chi connectivity index (χ1) is 10.3. The molecule has 118 valence electrons. The van der Waals surface area contributed by atoms with Gasteiger partial charge < -0.3 is 14.8 Å². The van der Waals surface area contributed by atoms with Crippen LogP contribution < -0.4 is 10.1 Å². The molecule has 0 aliphatic heterocycles. The smallest absolute Gasteiger partial charge is 0.165 e. The normalized spacial score (nSPS) is 10.6. The van der Waals surface area contributed by atoms with Gasteiger partial charge in [0.15, 0.2) is 11.6 Å². The number of para-hydroxylation sites is 1. The quantitative estimate of drug-likeness (QED) is 0.471. The summed E-state index contributed by atoms with van der Waals surface area (Å²) in [6.07, 6.45) is 6.05. The number of nitrogens with one attached hydrogen (secondary N) is 1. The minimum absolute atomic E-state index is 0.299. The molecule has 0 aromatic heterocycles. The maximum atomic E-state index is 13.9. The lowest BCUT2D eigenvalue weighted by Crippen LogP contribution is -2.19. The number of ether oxygens (including phenoxy) is 2. The number of methoxy groups -OCH3 is 1. The van der Waals surface area contributed by atoms with E-state index in [1.165, 1.54) is 6.07 Å². The van der Waals surface area contributed by atoms with Crippen molar-refractivity contribution in [1.82, 2.24) is 5.32 Å². The average Bonchev–Trinajstić information content (AvgIpc) is 2.49. The van der Waals surface area contributed by atoms with Gasteiger partial charge in [-0.25, -0.2) is 4.39 Å². The van der Waals surface area contributed by atoms with Crippen molar-refractivity contribution in [2.75, 3.05) is 26.9 Å². The molecule has 1 N–H and O–H groups in total. The SMILES string of the molecule is C=CCCCCCOc1c(F)cccc1CNCCOC. The van der Waals surface area contributed by atoms with Gasteiger partial charge in [0.1, 0.15) is 0 Å². The van der Waals surface area contributed by atoms with E-state index >= 15 is 0 Å². The molecule has 0 fully saturated rings. The average molecular weight is 295 g/mol. The van der Waals surface area contributed by atoms with Crippen LogP contribution in [0.1, 0.15) is 31.2 Å². The zero-order valence-electron chi connectivity index (χ0n) is 12.9. The van der Waals surface area contributed by atoms with Crippen molar-refractivity contribution in [3.63, 3.8) is 0 Å². The highest BCUT2D eigenvalue weighted by Gasteiger charge is 2.09. The number of halogens is 1. The molecule has 0 atom stereocenters. The van der Waals surface area contributed by atoms with Crippen molar-refractivity contribution >= 4 is 0 Å². The van der Waals surface area contributed by atoms with Gasteiger partial charge in [0.25, 0.3) is 0 Å². The van der Waals surface area contributed by atoms with E-state index in [0.29, 0.717) is 25.5 Å². The summed E-state index contributed by atoms with van der Waals surface area (Å²) >= 11 is 0. The van der Waals surface area contributed by atoms with Crippen LogP contribution in [0, 0.1) is 5.82 Å². The first-order valence-electron chi connectivity index (χ1n) is 7.50. The second-order valence-corrected chi connectivity index (χ2v) is 4.88. The van der Waals surface area contributed by atoms with E-state index in [2.05, 4.69) is 11.9 Å². The molecule has 4 heteroatoms. The molecule has 21 heavy (non-hydrogen) atoms. The first-order valence-corrected chi connectivity index (χ1v) is 7.50. The summed E-state index contributed by atoms with van der Waals surface area (Å²) < 4.78 is 24.5. The highest BCUT2D eigenvalue weighted by molar-refractivity contribution is 5.34. The van der Waals surface area contributed by atoms with Gasteiger partial charge in [0, 0.05) is 25.8 Å². The third-order valence-corrected chi connectivity index (χ3v) is 3.15. The lowest BCUT2D eigenvalue weighted by molar-refractivity contribution is 0.199. The molecule has 0 radical (unpaired) electrons. The standard InChI is InChI=1S/C17H26FNO2/c1-3-4-5-6-7-12-21-17-15(9-8-10-16(17)18)14-19-11-13-20-2/h3,8-10,19H,1,4-7,11-14H2,2H3. The molecule has 0 saturated carbocycles. The largest absolute Gasteiger partial charge is 0.490 e. The van der Waals surface area contributed by atoms with Gasteiger partial charge in [0.2, 0.25) is 0 Å². The Hall–Kier alpha value is -1.39. The lowest BCUT2D eigenvalue weighted by atomic mass is 10.2. The van der Waals surface area contributed by atoms with E-state index in [4.69, 9.17) is 9.47 Å². The summed E-state index contributed by atoms with van der Waals surface area (Å²) in [6.45, 7) is 6.18. The minimum Gasteiger partial charge on any atom is -0.490 e. The van der Waals surface area contributed by atoms with E-state index in [1.807, 2.05) is 12.1 Å². The molecule has 0 heterocycles. The topological polar surface area (TPSA) is 30.5 Å². The van der Waals surface area contributed by atoms with E-state index in [0.717, 1.165) is 37.8 Å². The zero-order valence-corrected chi connectivity index (χ0v) is 12.9. The Morgan fingerprint density at radius 1 is 1.24 bits per heavy atom. The van der Waals surface area contributed by atoms with E-state index in [1.54, 1.807) is 13.2 Å². The van der Waals surface area contributed by atoms with Crippen LogP contribution in [0.25, 0.3) is 0 Å². The molecular weight excluding hydrogens is 269 g/mol. The van der Waals surface area contributed by atoms with Crippen molar-refractivity contribution in [2.45, 2.75) is 32.2 Å². The monoisotopic (exact) mass is 295 g/mol. The number of unbranched alkanes of at least 4 members (excludes halogenated alkanes) is 3. The molecular formula is C17H26FNO2. The van der Waals surface area contributed by atoms with Crippen LogP contribution in [-0.2, 0) is 11.3 Å². The molecule has 0 aliphatic carbocycles. The predicted octanol–water partition coefficient (Wildman–Crippen LogP) is 3.69. The predicted molar refractivity (Wildman–Crippen MR) is 84.1 cm³/mol. The number of allylic oxidation sites excluding steroid dienone is 1. The van der Waals surface area contributed by atoms with Crippen molar-refractivity contribution in [3.05, 3.63) is 42.2 Å². The van der Waals surface area contributed by atoms with Gasteiger partial charge >= 0.3 is 0 Å². The number of benzene rings is 1. The fraction of sp³-hybridized carbons (Fsp3) is 0.529. The zero-order chi connectivity index (χ0) is 15.3. The van der Waals surface area contributed by atoms with E-state index in [9.17, 15) is 4.39 Å². The van der Waals surface area contributed by atoms with Crippen molar-refractivity contribution in [3.8, 4) is 5.75 Å². The highest BCUT2D eigenvalue weighted by atomic mass is 19.1. The molecule has 3 nitrogen and oxygen atoms in total. The summed E-state index contributed by atoms with van der Waals surface area (Å²) in [6, 6.07) is 5.03. The molecule has 0 bridgehead atoms. The lowest BCUT2D eigenvalue weighted by Gasteiger charge is -2.13. The third kappa shape index (κ3) is 7.25. The Labute approximate surface area is 127 Å². The van der Waals surface area contributed by atoms with Gasteiger partial charge in [-0.05, 0) is 31.7 Å². The molecule has 0 aliphatic rings. The third-order valence-electron chi connectivity index (χ3n) is 3.15. The van der Waals surface area contributed by atoms with Crippen LogP contribution >= 0.6 is 0 Å². The van der Waals surface area contributed by atoms with Gasteiger partial charge in [-0.2, -0.15) is 0 Å². The van der Waals surface area contributed by atoms with E-state index in [-0.39, 0.29) is 5.82 Å². The summed E-state index contributed by atoms with van der Waals surface area (Å²) in [5.74, 6) is 0.0678. The fourth-order valence-corrected chi connectivity index (χ4v) is 1.99. The number of hydrogen-bond donors (Lipinski definition) is 1. The van der Waals surface area contributed by atoms with Crippen molar-refractivity contribution < 1.29 is 13.9 Å². The Bertz CT molecular complexity index is 410. The van der Waals surface area contributed by atoms with Gasteiger partial charge in [0.05, 0.1) is 13.2 Å². The van der Waals surface area contributed by atoms with Crippen LogP contribution in [0.15, 0.2) is 30.9 Å². The van der Waals surface area contributed by atoms with E-state index < -0.39 is 0 Å². The summed E-state index contributed by atoms with van der Waals surface area (Å²) in [5.41, 5.74) is 0.845. The molecule has 0 unspecified atom stereocenters. The highest BCUT2D eigenvalue weighted by Crippen LogP contribution is 2.23. The number of hydrogen-bond acceptors (Lipinski definition) is 3. The van der Waals surface area contributed by atoms with Crippen molar-refractivity contribution in [2.24, 2.45) is 0 Å². The fourth-order valence-electron chi connectivity index (χ4n) is 1.99. The molecule has 0 spiro atoms. The van der Waals surface area contributed by atoms with Crippen LogP contribution in [0.3, 0.4) is 0 Å². The van der Waals surface area contributed by atoms with Crippen LogP contribution in [0.4, 0.5) is 4.39 Å².